The molecule has 3 N–H and O–H groups in total. The normalized spacial score (nSPS) is 17.4. The van der Waals surface area contributed by atoms with Gasteiger partial charge in [0.2, 0.25) is 0 Å². The van der Waals surface area contributed by atoms with E-state index in [0.717, 1.165) is 30.4 Å². The zero-order valence-electron chi connectivity index (χ0n) is 28.7. The summed E-state index contributed by atoms with van der Waals surface area (Å²) in [7, 11) is -1.13. The molecule has 0 unspecified atom stereocenters. The van der Waals surface area contributed by atoms with Crippen molar-refractivity contribution in [3.63, 3.8) is 0 Å². The fourth-order valence-corrected chi connectivity index (χ4v) is 5.70. The molecule has 2 aromatic rings. The van der Waals surface area contributed by atoms with Crippen LogP contribution in [-0.2, 0) is 20.5 Å². The molecule has 0 heterocycles. The van der Waals surface area contributed by atoms with Crippen molar-refractivity contribution in [1.29, 1.82) is 0 Å². The van der Waals surface area contributed by atoms with Gasteiger partial charge in [0.25, 0.3) is 0 Å². The Bertz CT molecular complexity index is 1260. The Morgan fingerprint density at radius 1 is 0.783 bits per heavy atom. The molecule has 2 fully saturated rings. The van der Waals surface area contributed by atoms with E-state index in [2.05, 4.69) is 18.6 Å². The zero-order chi connectivity index (χ0) is 32.5. The second kappa shape index (κ2) is 18.5. The van der Waals surface area contributed by atoms with Gasteiger partial charge in [-0.1, -0.05) is 38.1 Å². The van der Waals surface area contributed by atoms with Gasteiger partial charge in [-0.25, -0.2) is 18.5 Å². The molecule has 2 aromatic carbocycles. The van der Waals surface area contributed by atoms with Crippen LogP contribution in [0.25, 0.3) is 0 Å². The van der Waals surface area contributed by atoms with Crippen LogP contribution in [0.2, 0.25) is 0 Å². The smallest absolute Gasteiger partial charge is 0.338 e. The first kappa shape index (κ1) is 42.1. The molecule has 0 spiro atoms. The predicted octanol–water partition coefficient (Wildman–Crippen LogP) is 8.82. The number of nitrogens with two attached hydrogens (primary N) is 1. The number of halogens is 2. The van der Waals surface area contributed by atoms with Gasteiger partial charge in [0, 0.05) is 12.1 Å². The SMILES string of the molecule is CCOC(=O)c1ccc([C@@H](N)CCC2(C)CC2)cc1.CCOC(=O)c1ccc([C@H](CCC2(C)CC2)N[S@](=O)C(C)(C)C)cc1.Cl.Cl. The summed E-state index contributed by atoms with van der Waals surface area (Å²) in [6.45, 7) is 14.9. The van der Waals surface area contributed by atoms with E-state index >= 15 is 0 Å². The fourth-order valence-electron chi connectivity index (χ4n) is 4.84. The summed E-state index contributed by atoms with van der Waals surface area (Å²) in [6, 6.07) is 15.0. The van der Waals surface area contributed by atoms with Gasteiger partial charge in [-0.05, 0) is 132 Å². The van der Waals surface area contributed by atoms with Gasteiger partial charge in [0.05, 0.1) is 40.1 Å². The van der Waals surface area contributed by atoms with E-state index in [1.54, 1.807) is 38.1 Å². The molecule has 0 aliphatic heterocycles. The van der Waals surface area contributed by atoms with Gasteiger partial charge in [0.15, 0.2) is 0 Å². The molecule has 0 saturated heterocycles. The van der Waals surface area contributed by atoms with Crippen LogP contribution >= 0.6 is 24.8 Å². The summed E-state index contributed by atoms with van der Waals surface area (Å²) in [5, 5.41) is 0. The molecule has 10 heteroatoms. The molecule has 0 aromatic heterocycles. The Morgan fingerprint density at radius 2 is 1.17 bits per heavy atom. The molecule has 260 valence electrons. The van der Waals surface area contributed by atoms with Crippen LogP contribution in [0, 0.1) is 10.8 Å². The zero-order valence-corrected chi connectivity index (χ0v) is 31.1. The highest BCUT2D eigenvalue weighted by Gasteiger charge is 2.38. The van der Waals surface area contributed by atoms with E-state index in [1.165, 1.54) is 32.1 Å². The van der Waals surface area contributed by atoms with Crippen LogP contribution in [0.3, 0.4) is 0 Å². The molecular weight excluding hydrogens is 643 g/mol. The minimum absolute atomic E-state index is 0. The van der Waals surface area contributed by atoms with Crippen molar-refractivity contribution >= 4 is 47.7 Å². The number of nitrogens with one attached hydrogen (secondary N) is 1. The monoisotopic (exact) mass is 698 g/mol. The lowest BCUT2D eigenvalue weighted by atomic mass is 9.95. The molecule has 0 radical (unpaired) electrons. The van der Waals surface area contributed by atoms with E-state index < -0.39 is 11.0 Å². The van der Waals surface area contributed by atoms with Crippen molar-refractivity contribution in [3.05, 3.63) is 70.8 Å². The summed E-state index contributed by atoms with van der Waals surface area (Å²) in [5.74, 6) is -0.574. The third-order valence-electron chi connectivity index (χ3n) is 8.78. The summed E-state index contributed by atoms with van der Waals surface area (Å²) in [6.07, 6.45) is 9.49. The third kappa shape index (κ3) is 13.6. The maximum absolute atomic E-state index is 12.6. The molecule has 4 rings (SSSR count). The first-order valence-corrected chi connectivity index (χ1v) is 17.3. The minimum atomic E-state index is -1.13. The van der Waals surface area contributed by atoms with E-state index in [4.69, 9.17) is 15.2 Å². The maximum Gasteiger partial charge on any atom is 0.338 e. The van der Waals surface area contributed by atoms with Gasteiger partial charge in [-0.15, -0.1) is 24.8 Å². The molecule has 46 heavy (non-hydrogen) atoms. The summed E-state index contributed by atoms with van der Waals surface area (Å²) >= 11 is 0. The number of carbonyl (C=O) groups is 2. The van der Waals surface area contributed by atoms with E-state index in [9.17, 15) is 13.8 Å². The van der Waals surface area contributed by atoms with Crippen LogP contribution in [0.5, 0.6) is 0 Å². The molecule has 0 bridgehead atoms. The quantitative estimate of drug-likeness (QED) is 0.191. The Balaban J connectivity index is 0.000000455. The van der Waals surface area contributed by atoms with Gasteiger partial charge in [-0.2, -0.15) is 0 Å². The number of ether oxygens (including phenoxy) is 2. The molecule has 2 saturated carbocycles. The average molecular weight is 700 g/mol. The van der Waals surface area contributed by atoms with E-state index in [-0.39, 0.29) is 53.6 Å². The lowest BCUT2D eigenvalue weighted by Gasteiger charge is -2.25. The largest absolute Gasteiger partial charge is 0.462 e. The van der Waals surface area contributed by atoms with Crippen molar-refractivity contribution in [2.75, 3.05) is 13.2 Å². The Labute approximate surface area is 291 Å². The highest BCUT2D eigenvalue weighted by molar-refractivity contribution is 7.84. The number of hydrogen-bond acceptors (Lipinski definition) is 6. The molecule has 3 atom stereocenters. The molecule has 7 nitrogen and oxygen atoms in total. The Kier molecular flexibility index (Phi) is 16.9. The van der Waals surface area contributed by atoms with Crippen LogP contribution in [0.4, 0.5) is 0 Å². The van der Waals surface area contributed by atoms with Gasteiger partial charge in [0.1, 0.15) is 0 Å². The lowest BCUT2D eigenvalue weighted by Crippen LogP contribution is -2.36. The number of carbonyl (C=O) groups excluding carboxylic acids is 2. The minimum Gasteiger partial charge on any atom is -0.462 e. The fraction of sp³-hybridized carbons (Fsp3) is 0.611. The van der Waals surface area contributed by atoms with Crippen molar-refractivity contribution in [1.82, 2.24) is 4.72 Å². The highest BCUT2D eigenvalue weighted by Crippen LogP contribution is 2.50. The maximum atomic E-state index is 12.6. The number of hydrogen-bond donors (Lipinski definition) is 2. The van der Waals surface area contributed by atoms with Crippen LogP contribution in [-0.4, -0.2) is 34.1 Å². The molecular formula is C36H56Cl2N2O5S. The van der Waals surface area contributed by atoms with Gasteiger partial charge in [-0.3, -0.25) is 0 Å². The van der Waals surface area contributed by atoms with Crippen LogP contribution in [0.15, 0.2) is 48.5 Å². The van der Waals surface area contributed by atoms with Crippen molar-refractivity contribution in [3.8, 4) is 0 Å². The molecule has 2 aliphatic rings. The predicted molar refractivity (Wildman–Crippen MR) is 193 cm³/mol. The summed E-state index contributed by atoms with van der Waals surface area (Å²) < 4.78 is 25.6. The number of benzene rings is 2. The van der Waals surface area contributed by atoms with Crippen LogP contribution in [0.1, 0.15) is 144 Å². The van der Waals surface area contributed by atoms with Gasteiger partial charge < -0.3 is 15.2 Å². The Morgan fingerprint density at radius 3 is 1.54 bits per heavy atom. The number of rotatable bonds is 14. The first-order chi connectivity index (χ1) is 20.7. The van der Waals surface area contributed by atoms with E-state index in [1.807, 2.05) is 45.0 Å². The van der Waals surface area contributed by atoms with Crippen molar-refractivity contribution in [2.45, 2.75) is 117 Å². The molecule has 2 aliphatic carbocycles. The summed E-state index contributed by atoms with van der Waals surface area (Å²) in [5.41, 5.74) is 10.5. The first-order valence-electron chi connectivity index (χ1n) is 16.2. The highest BCUT2D eigenvalue weighted by atomic mass is 35.5. The average Bonchev–Trinajstić information content (AvgIpc) is 3.92. The van der Waals surface area contributed by atoms with Crippen molar-refractivity contribution in [2.24, 2.45) is 16.6 Å². The van der Waals surface area contributed by atoms with E-state index in [0.29, 0.717) is 35.2 Å². The second-order valence-electron chi connectivity index (χ2n) is 14.0. The lowest BCUT2D eigenvalue weighted by molar-refractivity contribution is 0.0516. The summed E-state index contributed by atoms with van der Waals surface area (Å²) in [4.78, 5) is 23.4. The topological polar surface area (TPSA) is 108 Å². The third-order valence-corrected chi connectivity index (χ3v) is 10.4. The standard InChI is InChI=1S/C20H31NO3S.C16H23NO2.2ClH/c1-6-24-18(22)16-9-7-15(8-10-16)17(11-12-20(5)13-14-20)21-25(23)19(2,3)4;1-3-19-15(18)13-6-4-12(5-7-13)14(17)8-9-16(2)10-11-16;;/h7-10,17,21H,6,11-14H2,1-5H3;4-7,14H,3,8-11,17H2,1-2H3;2*1H/t17-,25+;14-;;/m00../s1. The van der Waals surface area contributed by atoms with Crippen molar-refractivity contribution < 1.29 is 23.3 Å². The van der Waals surface area contributed by atoms with Gasteiger partial charge >= 0.3 is 11.9 Å². The number of esters is 2. The second-order valence-corrected chi connectivity index (χ2v) is 16.0. The Hall–Kier alpha value is -1.97. The van der Waals surface area contributed by atoms with Crippen LogP contribution < -0.4 is 10.5 Å². The molecule has 0 amide bonds.